The quantitative estimate of drug-likeness (QED) is 0.726. The van der Waals surface area contributed by atoms with Crippen molar-refractivity contribution in [1.29, 1.82) is 0 Å². The monoisotopic (exact) mass is 250 g/mol. The van der Waals surface area contributed by atoms with Gasteiger partial charge in [-0.1, -0.05) is 38.8 Å². The van der Waals surface area contributed by atoms with Crippen molar-refractivity contribution >= 4 is 5.78 Å². The fourth-order valence-corrected chi connectivity index (χ4v) is 2.12. The van der Waals surface area contributed by atoms with Crippen LogP contribution in [0.3, 0.4) is 0 Å². The summed E-state index contributed by atoms with van der Waals surface area (Å²) < 4.78 is 12.9. The lowest BCUT2D eigenvalue weighted by atomic mass is 9.77. The molecule has 0 unspecified atom stereocenters. The van der Waals surface area contributed by atoms with Crippen molar-refractivity contribution < 1.29 is 9.18 Å². The van der Waals surface area contributed by atoms with E-state index >= 15 is 0 Å². The maximum absolute atomic E-state index is 12.9. The van der Waals surface area contributed by atoms with Crippen LogP contribution in [0.5, 0.6) is 0 Å². The highest BCUT2D eigenvalue weighted by Gasteiger charge is 2.30. The van der Waals surface area contributed by atoms with E-state index < -0.39 is 5.41 Å². The van der Waals surface area contributed by atoms with Crippen LogP contribution in [0.1, 0.15) is 52.5 Å². The predicted molar refractivity (Wildman–Crippen MR) is 73.1 cm³/mol. The second kappa shape index (κ2) is 6.12. The molecule has 0 bridgehead atoms. The molecule has 1 aromatic carbocycles. The number of hydrogen-bond donors (Lipinski definition) is 0. The molecule has 0 aromatic heterocycles. The minimum Gasteiger partial charge on any atom is -0.299 e. The summed E-state index contributed by atoms with van der Waals surface area (Å²) in [6.45, 7) is 8.08. The Morgan fingerprint density at radius 2 is 1.67 bits per heavy atom. The van der Waals surface area contributed by atoms with Gasteiger partial charge in [-0.25, -0.2) is 4.39 Å². The van der Waals surface area contributed by atoms with Gasteiger partial charge in [0.25, 0.3) is 0 Å². The molecule has 1 nitrogen and oxygen atoms in total. The van der Waals surface area contributed by atoms with E-state index in [0.717, 1.165) is 18.4 Å². The molecule has 0 amide bonds. The minimum atomic E-state index is -0.531. The molecule has 2 heteroatoms. The van der Waals surface area contributed by atoms with Crippen molar-refractivity contribution in [2.75, 3.05) is 0 Å². The predicted octanol–water partition coefficient (Wildman–Crippen LogP) is 4.50. The highest BCUT2D eigenvalue weighted by atomic mass is 19.1. The van der Waals surface area contributed by atoms with E-state index in [0.29, 0.717) is 12.3 Å². The van der Waals surface area contributed by atoms with Crippen LogP contribution in [0.15, 0.2) is 24.3 Å². The van der Waals surface area contributed by atoms with Gasteiger partial charge in [0.1, 0.15) is 11.6 Å². The zero-order chi connectivity index (χ0) is 13.8. The molecule has 0 radical (unpaired) electrons. The number of carbonyl (C=O) groups is 1. The summed E-state index contributed by atoms with van der Waals surface area (Å²) in [6, 6.07) is 6.25. The van der Waals surface area contributed by atoms with Crippen molar-refractivity contribution in [2.45, 2.75) is 52.4 Å². The lowest BCUT2D eigenvalue weighted by Gasteiger charge is -2.25. The Morgan fingerprint density at radius 1 is 1.17 bits per heavy atom. The van der Waals surface area contributed by atoms with Gasteiger partial charge in [-0.15, -0.1) is 0 Å². The summed E-state index contributed by atoms with van der Waals surface area (Å²) in [5, 5.41) is 0. The van der Waals surface area contributed by atoms with E-state index in [1.54, 1.807) is 12.1 Å². The number of carbonyl (C=O) groups excluding carboxylic acids is 1. The standard InChI is InChI=1S/C16H23FO/c1-5-12(6-2)11-15(18)16(3,4)13-7-9-14(17)10-8-13/h7-10,12H,5-6,11H2,1-4H3. The molecular weight excluding hydrogens is 227 g/mol. The first kappa shape index (κ1) is 14.9. The molecule has 0 heterocycles. The van der Waals surface area contributed by atoms with Crippen LogP contribution in [0.4, 0.5) is 4.39 Å². The average Bonchev–Trinajstić information content (AvgIpc) is 2.36. The first-order valence-electron chi connectivity index (χ1n) is 6.71. The van der Waals surface area contributed by atoms with E-state index in [2.05, 4.69) is 13.8 Å². The molecule has 0 fully saturated rings. The van der Waals surface area contributed by atoms with Gasteiger partial charge in [-0.2, -0.15) is 0 Å². The molecule has 0 saturated carbocycles. The molecule has 0 spiro atoms. The third-order valence-electron chi connectivity index (χ3n) is 3.89. The average molecular weight is 250 g/mol. The second-order valence-corrected chi connectivity index (χ2v) is 5.44. The van der Waals surface area contributed by atoms with Gasteiger partial charge in [0.05, 0.1) is 0 Å². The first-order valence-corrected chi connectivity index (χ1v) is 6.71. The molecule has 0 atom stereocenters. The van der Waals surface area contributed by atoms with Gasteiger partial charge in [0.15, 0.2) is 0 Å². The molecular formula is C16H23FO. The Morgan fingerprint density at radius 3 is 2.11 bits per heavy atom. The smallest absolute Gasteiger partial charge is 0.143 e. The summed E-state index contributed by atoms with van der Waals surface area (Å²) >= 11 is 0. The Labute approximate surface area is 109 Å². The molecule has 0 N–H and O–H groups in total. The highest BCUT2D eigenvalue weighted by Crippen LogP contribution is 2.28. The third kappa shape index (κ3) is 3.41. The molecule has 1 aromatic rings. The summed E-state index contributed by atoms with van der Waals surface area (Å²) in [6.07, 6.45) is 2.67. The van der Waals surface area contributed by atoms with Crippen LogP contribution in [0, 0.1) is 11.7 Å². The third-order valence-corrected chi connectivity index (χ3v) is 3.89. The number of Topliss-reactive ketones (excluding diaryl/α,β-unsaturated/α-hetero) is 1. The Hall–Kier alpha value is -1.18. The molecule has 0 aliphatic rings. The van der Waals surface area contributed by atoms with E-state index in [4.69, 9.17) is 0 Å². The van der Waals surface area contributed by atoms with Crippen molar-refractivity contribution in [3.63, 3.8) is 0 Å². The van der Waals surface area contributed by atoms with Crippen LogP contribution in [-0.2, 0) is 10.2 Å². The maximum Gasteiger partial charge on any atom is 0.143 e. The van der Waals surface area contributed by atoms with Gasteiger partial charge in [0.2, 0.25) is 0 Å². The fourth-order valence-electron chi connectivity index (χ4n) is 2.12. The number of benzene rings is 1. The van der Waals surface area contributed by atoms with Crippen LogP contribution in [-0.4, -0.2) is 5.78 Å². The van der Waals surface area contributed by atoms with Crippen LogP contribution < -0.4 is 0 Å². The Bertz CT molecular complexity index is 388. The zero-order valence-corrected chi connectivity index (χ0v) is 11.8. The minimum absolute atomic E-state index is 0.239. The summed E-state index contributed by atoms with van der Waals surface area (Å²) in [7, 11) is 0. The Balaban J connectivity index is 2.85. The first-order chi connectivity index (χ1) is 8.41. The number of hydrogen-bond acceptors (Lipinski definition) is 1. The van der Waals surface area contributed by atoms with Gasteiger partial charge in [-0.05, 0) is 37.5 Å². The maximum atomic E-state index is 12.9. The Kier molecular flexibility index (Phi) is 5.06. The number of ketones is 1. The topological polar surface area (TPSA) is 17.1 Å². The molecule has 0 aliphatic carbocycles. The van der Waals surface area contributed by atoms with Crippen molar-refractivity contribution in [3.8, 4) is 0 Å². The summed E-state index contributed by atoms with van der Waals surface area (Å²) in [5.74, 6) is 0.432. The summed E-state index contributed by atoms with van der Waals surface area (Å²) in [5.41, 5.74) is 0.357. The highest BCUT2D eigenvalue weighted by molar-refractivity contribution is 5.89. The SMILES string of the molecule is CCC(CC)CC(=O)C(C)(C)c1ccc(F)cc1. The lowest BCUT2D eigenvalue weighted by Crippen LogP contribution is -2.30. The fraction of sp³-hybridized carbons (Fsp3) is 0.562. The van der Waals surface area contributed by atoms with E-state index in [9.17, 15) is 9.18 Å². The van der Waals surface area contributed by atoms with E-state index in [1.165, 1.54) is 12.1 Å². The van der Waals surface area contributed by atoms with Crippen LogP contribution in [0.2, 0.25) is 0 Å². The largest absolute Gasteiger partial charge is 0.299 e. The molecule has 1 rings (SSSR count). The van der Waals surface area contributed by atoms with E-state index in [-0.39, 0.29) is 11.6 Å². The number of rotatable bonds is 6. The van der Waals surface area contributed by atoms with E-state index in [1.807, 2.05) is 13.8 Å². The van der Waals surface area contributed by atoms with Crippen LogP contribution >= 0.6 is 0 Å². The molecule has 18 heavy (non-hydrogen) atoms. The molecule has 0 aliphatic heterocycles. The lowest BCUT2D eigenvalue weighted by molar-refractivity contribution is -0.124. The van der Waals surface area contributed by atoms with Gasteiger partial charge in [-0.3, -0.25) is 4.79 Å². The van der Waals surface area contributed by atoms with Crippen molar-refractivity contribution in [3.05, 3.63) is 35.6 Å². The second-order valence-electron chi connectivity index (χ2n) is 5.44. The zero-order valence-electron chi connectivity index (χ0n) is 11.8. The van der Waals surface area contributed by atoms with Crippen LogP contribution in [0.25, 0.3) is 0 Å². The number of halogens is 1. The van der Waals surface area contributed by atoms with Crippen molar-refractivity contribution in [1.82, 2.24) is 0 Å². The molecule has 0 saturated heterocycles. The summed E-state index contributed by atoms with van der Waals surface area (Å²) in [4.78, 5) is 12.4. The normalized spacial score (nSPS) is 11.9. The van der Waals surface area contributed by atoms with Gasteiger partial charge < -0.3 is 0 Å². The van der Waals surface area contributed by atoms with Crippen molar-refractivity contribution in [2.24, 2.45) is 5.92 Å². The van der Waals surface area contributed by atoms with Gasteiger partial charge >= 0.3 is 0 Å². The van der Waals surface area contributed by atoms with Gasteiger partial charge in [0, 0.05) is 11.8 Å². The molecule has 100 valence electrons.